The number of nitrogens with zero attached hydrogens (tertiary/aromatic N) is 2. The van der Waals surface area contributed by atoms with E-state index >= 15 is 0 Å². The molecule has 150 valence electrons. The van der Waals surface area contributed by atoms with Crippen LogP contribution in [-0.2, 0) is 9.59 Å². The van der Waals surface area contributed by atoms with Crippen LogP contribution >= 0.6 is 12.4 Å². The number of piperidine rings is 1. The standard InChI is InChI=1S/C20H35N3O2.ClH/c1-16-15-18(9-10-21-16)20(25)23-13-11-22(12-14-23)19(24)8-7-17-5-3-2-4-6-17;/h16-18,21H,2-15H2,1H3;1H/t16-,18-;/m0./s1. The predicted octanol–water partition coefficient (Wildman–Crippen LogP) is 2.83. The van der Waals surface area contributed by atoms with Gasteiger partial charge < -0.3 is 15.1 Å². The van der Waals surface area contributed by atoms with Gasteiger partial charge in [-0.3, -0.25) is 9.59 Å². The summed E-state index contributed by atoms with van der Waals surface area (Å²) in [6.07, 6.45) is 10.3. The van der Waals surface area contributed by atoms with E-state index in [1.165, 1.54) is 32.1 Å². The largest absolute Gasteiger partial charge is 0.339 e. The number of nitrogens with one attached hydrogen (secondary N) is 1. The van der Waals surface area contributed by atoms with Crippen LogP contribution in [0.2, 0.25) is 0 Å². The molecule has 6 heteroatoms. The number of hydrogen-bond donors (Lipinski definition) is 1. The van der Waals surface area contributed by atoms with Crippen molar-refractivity contribution in [2.45, 2.75) is 70.8 Å². The molecule has 2 atom stereocenters. The van der Waals surface area contributed by atoms with Gasteiger partial charge in [-0.25, -0.2) is 0 Å². The molecule has 0 bridgehead atoms. The van der Waals surface area contributed by atoms with E-state index in [-0.39, 0.29) is 18.3 Å². The number of rotatable bonds is 4. The predicted molar refractivity (Wildman–Crippen MR) is 106 cm³/mol. The van der Waals surface area contributed by atoms with Gasteiger partial charge in [0.1, 0.15) is 0 Å². The maximum Gasteiger partial charge on any atom is 0.225 e. The SMILES string of the molecule is C[C@H]1C[C@@H](C(=O)N2CCN(C(=O)CCC3CCCCC3)CC2)CCN1.Cl. The first-order valence-electron chi connectivity index (χ1n) is 10.4. The van der Waals surface area contributed by atoms with E-state index in [9.17, 15) is 9.59 Å². The first-order chi connectivity index (χ1) is 12.1. The van der Waals surface area contributed by atoms with E-state index in [2.05, 4.69) is 12.2 Å². The lowest BCUT2D eigenvalue weighted by Crippen LogP contribution is -2.53. The van der Waals surface area contributed by atoms with Crippen LogP contribution in [0.5, 0.6) is 0 Å². The molecule has 3 fully saturated rings. The highest BCUT2D eigenvalue weighted by molar-refractivity contribution is 5.85. The minimum atomic E-state index is 0. The molecule has 0 unspecified atom stereocenters. The summed E-state index contributed by atoms with van der Waals surface area (Å²) in [5.74, 6) is 1.54. The van der Waals surface area contributed by atoms with Crippen LogP contribution < -0.4 is 5.32 Å². The summed E-state index contributed by atoms with van der Waals surface area (Å²) in [5.41, 5.74) is 0. The van der Waals surface area contributed by atoms with Gasteiger partial charge in [-0.15, -0.1) is 12.4 Å². The van der Waals surface area contributed by atoms with Crippen LogP contribution in [0.25, 0.3) is 0 Å². The monoisotopic (exact) mass is 385 g/mol. The zero-order valence-electron chi connectivity index (χ0n) is 16.3. The van der Waals surface area contributed by atoms with Gasteiger partial charge in [0.25, 0.3) is 0 Å². The zero-order valence-corrected chi connectivity index (χ0v) is 17.1. The van der Waals surface area contributed by atoms with Gasteiger partial charge in [0.05, 0.1) is 0 Å². The van der Waals surface area contributed by atoms with Crippen molar-refractivity contribution < 1.29 is 9.59 Å². The molecule has 2 amide bonds. The molecule has 2 saturated heterocycles. The van der Waals surface area contributed by atoms with Gasteiger partial charge >= 0.3 is 0 Å². The maximum absolute atomic E-state index is 12.7. The molecule has 3 rings (SSSR count). The quantitative estimate of drug-likeness (QED) is 0.809. The fraction of sp³-hybridized carbons (Fsp3) is 0.900. The number of hydrogen-bond acceptors (Lipinski definition) is 3. The molecule has 3 aliphatic rings. The Labute approximate surface area is 164 Å². The summed E-state index contributed by atoms with van der Waals surface area (Å²) in [5, 5.41) is 3.41. The van der Waals surface area contributed by atoms with Crippen molar-refractivity contribution in [3.05, 3.63) is 0 Å². The molecule has 26 heavy (non-hydrogen) atoms. The third kappa shape index (κ3) is 5.85. The van der Waals surface area contributed by atoms with Gasteiger partial charge in [0.15, 0.2) is 0 Å². The third-order valence-electron chi connectivity index (χ3n) is 6.41. The normalized spacial score (nSPS) is 27.7. The summed E-state index contributed by atoms with van der Waals surface area (Å²) in [6.45, 7) is 5.96. The number of halogens is 1. The molecule has 1 aliphatic carbocycles. The number of carbonyl (C=O) groups is 2. The minimum Gasteiger partial charge on any atom is -0.339 e. The van der Waals surface area contributed by atoms with E-state index in [4.69, 9.17) is 0 Å². The fourth-order valence-corrected chi connectivity index (χ4v) is 4.75. The van der Waals surface area contributed by atoms with Crippen molar-refractivity contribution in [2.24, 2.45) is 11.8 Å². The molecule has 0 radical (unpaired) electrons. The molecule has 1 N–H and O–H groups in total. The molecule has 0 spiro atoms. The first-order valence-corrected chi connectivity index (χ1v) is 10.4. The average molecular weight is 386 g/mol. The number of amides is 2. The number of piperazine rings is 1. The van der Waals surface area contributed by atoms with Gasteiger partial charge in [0.2, 0.25) is 11.8 Å². The molecular weight excluding hydrogens is 350 g/mol. The first kappa shape index (κ1) is 21.5. The van der Waals surface area contributed by atoms with E-state index in [0.29, 0.717) is 37.4 Å². The molecule has 0 aromatic heterocycles. The number of carbonyl (C=O) groups excluding carboxylic acids is 2. The lowest BCUT2D eigenvalue weighted by molar-refractivity contribution is -0.143. The Kier molecular flexibility index (Phi) is 8.68. The molecular formula is C20H36ClN3O2. The second-order valence-corrected chi connectivity index (χ2v) is 8.33. The smallest absolute Gasteiger partial charge is 0.225 e. The molecule has 0 aromatic rings. The second-order valence-electron chi connectivity index (χ2n) is 8.33. The van der Waals surface area contributed by atoms with Crippen molar-refractivity contribution in [1.29, 1.82) is 0 Å². The summed E-state index contributed by atoms with van der Waals surface area (Å²) < 4.78 is 0. The van der Waals surface area contributed by atoms with E-state index in [1.54, 1.807) is 0 Å². The summed E-state index contributed by atoms with van der Waals surface area (Å²) in [4.78, 5) is 29.2. The van der Waals surface area contributed by atoms with Crippen LogP contribution in [0.1, 0.15) is 64.7 Å². The van der Waals surface area contributed by atoms with Crippen LogP contribution in [0, 0.1) is 11.8 Å². The highest BCUT2D eigenvalue weighted by atomic mass is 35.5. The summed E-state index contributed by atoms with van der Waals surface area (Å²) in [6, 6.07) is 0.436. The van der Waals surface area contributed by atoms with Crippen LogP contribution in [0.15, 0.2) is 0 Å². The Morgan fingerprint density at radius 1 is 0.962 bits per heavy atom. The van der Waals surface area contributed by atoms with Gasteiger partial charge in [-0.1, -0.05) is 32.1 Å². The van der Waals surface area contributed by atoms with Gasteiger partial charge in [-0.05, 0) is 38.6 Å². The minimum absolute atomic E-state index is 0. The molecule has 1 saturated carbocycles. The Balaban J connectivity index is 0.00000243. The van der Waals surface area contributed by atoms with Gasteiger partial charge in [0, 0.05) is 44.6 Å². The van der Waals surface area contributed by atoms with Crippen molar-refractivity contribution in [3.63, 3.8) is 0 Å². The molecule has 5 nitrogen and oxygen atoms in total. The summed E-state index contributed by atoms with van der Waals surface area (Å²) in [7, 11) is 0. The van der Waals surface area contributed by atoms with Crippen molar-refractivity contribution in [2.75, 3.05) is 32.7 Å². The highest BCUT2D eigenvalue weighted by Crippen LogP contribution is 2.27. The molecule has 2 heterocycles. The second kappa shape index (κ2) is 10.5. The average Bonchev–Trinajstić information content (AvgIpc) is 2.66. The topological polar surface area (TPSA) is 52.7 Å². The molecule has 2 aliphatic heterocycles. The van der Waals surface area contributed by atoms with Crippen molar-refractivity contribution in [1.82, 2.24) is 15.1 Å². The van der Waals surface area contributed by atoms with Crippen LogP contribution in [0.3, 0.4) is 0 Å². The van der Waals surface area contributed by atoms with Crippen LogP contribution in [0.4, 0.5) is 0 Å². The highest BCUT2D eigenvalue weighted by Gasteiger charge is 2.31. The van der Waals surface area contributed by atoms with E-state index < -0.39 is 0 Å². The Hall–Kier alpha value is -0.810. The Bertz CT molecular complexity index is 460. The van der Waals surface area contributed by atoms with E-state index in [0.717, 1.165) is 44.8 Å². The van der Waals surface area contributed by atoms with E-state index in [1.807, 2.05) is 9.80 Å². The zero-order chi connectivity index (χ0) is 17.6. The fourth-order valence-electron chi connectivity index (χ4n) is 4.75. The maximum atomic E-state index is 12.7. The Morgan fingerprint density at radius 3 is 2.27 bits per heavy atom. The van der Waals surface area contributed by atoms with Gasteiger partial charge in [-0.2, -0.15) is 0 Å². The lowest BCUT2D eigenvalue weighted by atomic mass is 9.86. The van der Waals surface area contributed by atoms with Crippen LogP contribution in [-0.4, -0.2) is 60.4 Å². The third-order valence-corrected chi connectivity index (χ3v) is 6.41. The Morgan fingerprint density at radius 2 is 1.62 bits per heavy atom. The molecule has 0 aromatic carbocycles. The van der Waals surface area contributed by atoms with Crippen molar-refractivity contribution >= 4 is 24.2 Å². The summed E-state index contributed by atoms with van der Waals surface area (Å²) >= 11 is 0. The van der Waals surface area contributed by atoms with Crippen molar-refractivity contribution in [3.8, 4) is 0 Å². The lowest BCUT2D eigenvalue weighted by Gasteiger charge is -2.38.